The Balaban J connectivity index is 1.10. The Morgan fingerprint density at radius 1 is 0.857 bits per heavy atom. The van der Waals surface area contributed by atoms with Gasteiger partial charge in [-0.25, -0.2) is 0 Å². The summed E-state index contributed by atoms with van der Waals surface area (Å²) in [7, 11) is 0. The number of likely N-dealkylation sites (tertiary alicyclic amines) is 2. The molecule has 5 atom stereocenters. The minimum atomic E-state index is -0.523. The first-order chi connectivity index (χ1) is 24.0. The zero-order chi connectivity index (χ0) is 33.6. The number of aromatic nitrogens is 1. The maximum Gasteiger partial charge on any atom is 0.253 e. The highest BCUT2D eigenvalue weighted by Crippen LogP contribution is 2.43. The van der Waals surface area contributed by atoms with Gasteiger partial charge in [-0.3, -0.25) is 14.7 Å². The van der Waals surface area contributed by atoms with Crippen molar-refractivity contribution in [1.29, 1.82) is 0 Å². The third kappa shape index (κ3) is 8.11. The maximum atomic E-state index is 12.6. The van der Waals surface area contributed by atoms with E-state index in [0.717, 1.165) is 53.0 Å². The number of carbonyl (C=O) groups excluding carboxylic acids is 1. The number of ether oxygens (including phenoxy) is 2. The SMILES string of the molecule is C[C@H]1[C@@H](CN2CCC[C@H]2CN2CCCC2)O[C@@H](c2cccc(-c3cccc(CNC(=O)c4cccnc4)c3)c2)O[C@H]1c1ccc(CO)cc1. The summed E-state index contributed by atoms with van der Waals surface area (Å²) in [5.74, 6) is -0.00117. The van der Waals surface area contributed by atoms with Gasteiger partial charge in [0.2, 0.25) is 0 Å². The molecule has 3 aliphatic heterocycles. The molecule has 4 aromatic rings. The number of aliphatic hydroxyl groups is 1. The van der Waals surface area contributed by atoms with Crippen molar-refractivity contribution in [1.82, 2.24) is 20.1 Å². The average Bonchev–Trinajstić information content (AvgIpc) is 3.84. The van der Waals surface area contributed by atoms with Gasteiger partial charge in [-0.2, -0.15) is 0 Å². The Bertz CT molecular complexity index is 1680. The smallest absolute Gasteiger partial charge is 0.253 e. The van der Waals surface area contributed by atoms with Crippen LogP contribution in [-0.2, 0) is 22.6 Å². The van der Waals surface area contributed by atoms with Crippen molar-refractivity contribution in [2.75, 3.05) is 32.7 Å². The van der Waals surface area contributed by atoms with Crippen molar-refractivity contribution in [3.05, 3.63) is 125 Å². The first-order valence-corrected chi connectivity index (χ1v) is 17.9. The maximum absolute atomic E-state index is 12.6. The molecule has 3 fully saturated rings. The molecule has 8 nitrogen and oxygen atoms in total. The predicted octanol–water partition coefficient (Wildman–Crippen LogP) is 6.52. The number of pyridine rings is 1. The second-order valence-electron chi connectivity index (χ2n) is 13.9. The molecule has 8 heteroatoms. The zero-order valence-corrected chi connectivity index (χ0v) is 28.4. The number of nitrogens with zero attached hydrogens (tertiary/aromatic N) is 3. The minimum Gasteiger partial charge on any atom is -0.392 e. The third-order valence-corrected chi connectivity index (χ3v) is 10.5. The highest BCUT2D eigenvalue weighted by atomic mass is 16.7. The van der Waals surface area contributed by atoms with Crippen molar-refractivity contribution in [2.24, 2.45) is 5.92 Å². The summed E-state index contributed by atoms with van der Waals surface area (Å²) in [6, 6.07) is 29.0. The van der Waals surface area contributed by atoms with E-state index in [-0.39, 0.29) is 30.6 Å². The summed E-state index contributed by atoms with van der Waals surface area (Å²) in [5, 5.41) is 12.7. The van der Waals surface area contributed by atoms with Gasteiger partial charge < -0.3 is 24.8 Å². The molecular weight excluding hydrogens is 612 g/mol. The van der Waals surface area contributed by atoms with E-state index >= 15 is 0 Å². The fourth-order valence-electron chi connectivity index (χ4n) is 7.67. The van der Waals surface area contributed by atoms with E-state index in [0.29, 0.717) is 18.2 Å². The Morgan fingerprint density at radius 2 is 1.65 bits per heavy atom. The molecule has 3 aliphatic rings. The molecule has 1 aromatic heterocycles. The Morgan fingerprint density at radius 3 is 2.43 bits per heavy atom. The number of benzene rings is 3. The van der Waals surface area contributed by atoms with Crippen molar-refractivity contribution < 1.29 is 19.4 Å². The summed E-state index contributed by atoms with van der Waals surface area (Å²) < 4.78 is 13.7. The molecule has 3 saturated heterocycles. The van der Waals surface area contributed by atoms with Crippen LogP contribution in [0.25, 0.3) is 11.1 Å². The van der Waals surface area contributed by atoms with Crippen LogP contribution in [0.5, 0.6) is 0 Å². The number of hydrogen-bond donors (Lipinski definition) is 2. The van der Waals surface area contributed by atoms with Crippen molar-refractivity contribution >= 4 is 5.91 Å². The van der Waals surface area contributed by atoms with E-state index in [4.69, 9.17) is 9.47 Å². The van der Waals surface area contributed by atoms with Crippen LogP contribution in [0.2, 0.25) is 0 Å². The molecule has 4 heterocycles. The topological polar surface area (TPSA) is 87.2 Å². The second-order valence-corrected chi connectivity index (χ2v) is 13.9. The third-order valence-electron chi connectivity index (χ3n) is 10.5. The molecule has 0 aliphatic carbocycles. The van der Waals surface area contributed by atoms with Crippen LogP contribution in [0, 0.1) is 5.92 Å². The Kier molecular flexibility index (Phi) is 10.8. The van der Waals surface area contributed by atoms with Crippen LogP contribution in [0.1, 0.15) is 77.6 Å². The van der Waals surface area contributed by atoms with E-state index in [1.54, 1.807) is 24.5 Å². The molecule has 0 bridgehead atoms. The lowest BCUT2D eigenvalue weighted by atomic mass is 9.89. The predicted molar refractivity (Wildman–Crippen MR) is 191 cm³/mol. The minimum absolute atomic E-state index is 0.00384. The molecule has 3 aromatic carbocycles. The fourth-order valence-corrected chi connectivity index (χ4v) is 7.67. The number of carbonyl (C=O) groups is 1. The average molecular weight is 661 g/mol. The number of hydrogen-bond acceptors (Lipinski definition) is 7. The lowest BCUT2D eigenvalue weighted by Crippen LogP contribution is -2.48. The fraction of sp³-hybridized carbons (Fsp3) is 0.415. The Labute approximate surface area is 290 Å². The van der Waals surface area contributed by atoms with Gasteiger partial charge in [0.1, 0.15) is 0 Å². The first-order valence-electron chi connectivity index (χ1n) is 17.9. The van der Waals surface area contributed by atoms with Crippen molar-refractivity contribution in [3.8, 4) is 11.1 Å². The van der Waals surface area contributed by atoms with Crippen LogP contribution >= 0.6 is 0 Å². The first kappa shape index (κ1) is 33.6. The summed E-state index contributed by atoms with van der Waals surface area (Å²) in [6.07, 6.45) is 7.68. The number of amides is 1. The van der Waals surface area contributed by atoms with E-state index < -0.39 is 6.29 Å². The number of rotatable bonds is 11. The summed E-state index contributed by atoms with van der Waals surface area (Å²) in [6.45, 7) is 8.30. The van der Waals surface area contributed by atoms with Gasteiger partial charge in [0, 0.05) is 49.6 Å². The second kappa shape index (κ2) is 15.7. The van der Waals surface area contributed by atoms with Crippen LogP contribution in [0.3, 0.4) is 0 Å². The normalized spacial score (nSPS) is 24.7. The van der Waals surface area contributed by atoms with Crippen molar-refractivity contribution in [2.45, 2.75) is 70.3 Å². The van der Waals surface area contributed by atoms with E-state index in [1.807, 2.05) is 24.3 Å². The van der Waals surface area contributed by atoms with E-state index in [2.05, 4.69) is 75.6 Å². The van der Waals surface area contributed by atoms with Crippen molar-refractivity contribution in [3.63, 3.8) is 0 Å². The molecule has 1 amide bonds. The molecule has 0 spiro atoms. The van der Waals surface area contributed by atoms with Crippen LogP contribution < -0.4 is 5.32 Å². The van der Waals surface area contributed by atoms with Crippen LogP contribution in [0.15, 0.2) is 97.3 Å². The molecule has 0 unspecified atom stereocenters. The molecule has 2 N–H and O–H groups in total. The highest BCUT2D eigenvalue weighted by molar-refractivity contribution is 5.93. The highest BCUT2D eigenvalue weighted by Gasteiger charge is 2.41. The lowest BCUT2D eigenvalue weighted by Gasteiger charge is -2.43. The van der Waals surface area contributed by atoms with Gasteiger partial charge in [-0.05, 0) is 97.4 Å². The largest absolute Gasteiger partial charge is 0.392 e. The van der Waals surface area contributed by atoms with Gasteiger partial charge >= 0.3 is 0 Å². The zero-order valence-electron chi connectivity index (χ0n) is 28.4. The van der Waals surface area contributed by atoms with Gasteiger partial charge in [-0.1, -0.05) is 67.6 Å². The molecule has 256 valence electrons. The van der Waals surface area contributed by atoms with Crippen LogP contribution in [0.4, 0.5) is 0 Å². The quantitative estimate of drug-likeness (QED) is 0.189. The van der Waals surface area contributed by atoms with Gasteiger partial charge in [0.15, 0.2) is 6.29 Å². The number of aliphatic hydroxyl groups excluding tert-OH is 1. The molecule has 7 rings (SSSR count). The molecule has 49 heavy (non-hydrogen) atoms. The van der Waals surface area contributed by atoms with Gasteiger partial charge in [-0.15, -0.1) is 0 Å². The monoisotopic (exact) mass is 660 g/mol. The number of nitrogens with one attached hydrogen (secondary N) is 1. The summed E-state index contributed by atoms with van der Waals surface area (Å²) in [5.41, 5.74) is 6.67. The summed E-state index contributed by atoms with van der Waals surface area (Å²) in [4.78, 5) is 22.0. The van der Waals surface area contributed by atoms with E-state index in [1.165, 1.54) is 38.8 Å². The standard InChI is InChI=1S/C41H48N4O4/c1-29-38(27-45-21-7-13-37(45)26-44-19-2-3-20-44)48-41(49-39(29)32-16-14-30(28-46)15-17-32)35-11-5-10-34(23-35)33-9-4-8-31(22-33)24-43-40(47)36-12-6-18-42-25-36/h4-6,8-12,14-18,22-23,25,29,37-39,41,46H,2-3,7,13,19-21,24,26-28H2,1H3,(H,43,47)/t29-,37-,38+,39+,41+/m0/s1. The molecule has 0 radical (unpaired) electrons. The lowest BCUT2D eigenvalue weighted by molar-refractivity contribution is -0.276. The van der Waals surface area contributed by atoms with E-state index in [9.17, 15) is 9.90 Å². The molecule has 0 saturated carbocycles. The molecular formula is C41H48N4O4. The van der Waals surface area contributed by atoms with Crippen LogP contribution in [-0.4, -0.2) is 70.7 Å². The summed E-state index contributed by atoms with van der Waals surface area (Å²) >= 11 is 0. The Hall–Kier alpha value is -3.92. The van der Waals surface area contributed by atoms with Gasteiger partial charge in [0.25, 0.3) is 5.91 Å². The van der Waals surface area contributed by atoms with Gasteiger partial charge in [0.05, 0.1) is 24.4 Å².